The highest BCUT2D eigenvalue weighted by Gasteiger charge is 2.25. The van der Waals surface area contributed by atoms with Gasteiger partial charge in [0, 0.05) is 28.7 Å². The van der Waals surface area contributed by atoms with E-state index < -0.39 is 0 Å². The number of hydrogen-bond donors (Lipinski definition) is 1. The Kier molecular flexibility index (Phi) is 4.41. The summed E-state index contributed by atoms with van der Waals surface area (Å²) in [5.74, 6) is 1.49. The first-order chi connectivity index (χ1) is 11.8. The Bertz CT molecular complexity index is 779. The summed E-state index contributed by atoms with van der Waals surface area (Å²) in [7, 11) is 0. The average molecular weight is 342 g/mol. The number of nitrogens with zero attached hydrogens (tertiary/aromatic N) is 2. The van der Waals surface area contributed by atoms with Gasteiger partial charge in [-0.3, -0.25) is 10.00 Å². The van der Waals surface area contributed by atoms with E-state index in [1.165, 1.54) is 24.1 Å². The second-order valence-corrected chi connectivity index (χ2v) is 6.79. The number of H-pyrrole nitrogens is 1. The number of aromatic amines is 1. The topological polar surface area (TPSA) is 45.1 Å². The molecule has 2 aromatic heterocycles. The SMILES string of the molecule is Clc1ccc(-c2cn[nH]c2[C@H]2CCCN(Cc3ccco3)C2)cc1. The maximum Gasteiger partial charge on any atom is 0.117 e. The molecule has 0 spiro atoms. The molecular weight excluding hydrogens is 322 g/mol. The normalized spacial score (nSPS) is 18.8. The van der Waals surface area contributed by atoms with Crippen molar-refractivity contribution in [3.05, 3.63) is 65.3 Å². The van der Waals surface area contributed by atoms with Crippen LogP contribution >= 0.6 is 11.6 Å². The number of nitrogens with one attached hydrogen (secondary N) is 1. The summed E-state index contributed by atoms with van der Waals surface area (Å²) in [4.78, 5) is 2.46. The van der Waals surface area contributed by atoms with E-state index in [4.69, 9.17) is 16.0 Å². The summed E-state index contributed by atoms with van der Waals surface area (Å²) in [6.07, 6.45) is 6.02. The van der Waals surface area contributed by atoms with Crippen molar-refractivity contribution in [2.75, 3.05) is 13.1 Å². The summed E-state index contributed by atoms with van der Waals surface area (Å²) in [6.45, 7) is 3.00. The number of halogens is 1. The molecule has 1 aliphatic heterocycles. The smallest absolute Gasteiger partial charge is 0.117 e. The van der Waals surface area contributed by atoms with Crippen LogP contribution in [0.2, 0.25) is 5.02 Å². The molecule has 1 fully saturated rings. The van der Waals surface area contributed by atoms with Gasteiger partial charge in [0.2, 0.25) is 0 Å². The van der Waals surface area contributed by atoms with Crippen LogP contribution < -0.4 is 0 Å². The Morgan fingerprint density at radius 2 is 2.12 bits per heavy atom. The Morgan fingerprint density at radius 1 is 1.25 bits per heavy atom. The fourth-order valence-corrected chi connectivity index (χ4v) is 3.65. The third-order valence-corrected chi connectivity index (χ3v) is 4.95. The van der Waals surface area contributed by atoms with Gasteiger partial charge in [-0.2, -0.15) is 5.10 Å². The van der Waals surface area contributed by atoms with Gasteiger partial charge in [-0.05, 0) is 49.2 Å². The third kappa shape index (κ3) is 3.25. The van der Waals surface area contributed by atoms with E-state index in [0.29, 0.717) is 5.92 Å². The standard InChI is InChI=1S/C19H20ClN3O/c20-16-7-5-14(6-8-16)18-11-21-22-19(18)15-3-1-9-23(12-15)13-17-4-2-10-24-17/h2,4-8,10-11,15H,1,3,9,12-13H2,(H,21,22)/t15-/m0/s1. The highest BCUT2D eigenvalue weighted by molar-refractivity contribution is 6.30. The quantitative estimate of drug-likeness (QED) is 0.748. The molecule has 0 radical (unpaired) electrons. The molecule has 1 saturated heterocycles. The van der Waals surface area contributed by atoms with E-state index in [1.807, 2.05) is 30.5 Å². The van der Waals surface area contributed by atoms with E-state index in [1.54, 1.807) is 6.26 Å². The lowest BCUT2D eigenvalue weighted by Crippen LogP contribution is -2.34. The van der Waals surface area contributed by atoms with Crippen LogP contribution in [0.4, 0.5) is 0 Å². The van der Waals surface area contributed by atoms with Crippen molar-refractivity contribution >= 4 is 11.6 Å². The zero-order valence-electron chi connectivity index (χ0n) is 13.4. The van der Waals surface area contributed by atoms with Crippen molar-refractivity contribution in [2.45, 2.75) is 25.3 Å². The summed E-state index contributed by atoms with van der Waals surface area (Å²) in [5.41, 5.74) is 3.56. The second-order valence-electron chi connectivity index (χ2n) is 6.36. The second kappa shape index (κ2) is 6.83. The van der Waals surface area contributed by atoms with Gasteiger partial charge in [-0.1, -0.05) is 23.7 Å². The molecule has 0 bridgehead atoms. The van der Waals surface area contributed by atoms with E-state index in [0.717, 1.165) is 36.0 Å². The van der Waals surface area contributed by atoms with E-state index in [-0.39, 0.29) is 0 Å². The lowest BCUT2D eigenvalue weighted by atomic mass is 9.90. The average Bonchev–Trinajstić information content (AvgIpc) is 3.27. The lowest BCUT2D eigenvalue weighted by Gasteiger charge is -2.32. The van der Waals surface area contributed by atoms with Gasteiger partial charge in [0.05, 0.1) is 19.0 Å². The number of rotatable bonds is 4. The van der Waals surface area contributed by atoms with Gasteiger partial charge in [-0.25, -0.2) is 0 Å². The molecule has 124 valence electrons. The molecule has 0 saturated carbocycles. The zero-order chi connectivity index (χ0) is 16.4. The van der Waals surface area contributed by atoms with Gasteiger partial charge in [-0.15, -0.1) is 0 Å². The number of aromatic nitrogens is 2. The van der Waals surface area contributed by atoms with E-state index in [2.05, 4.69) is 27.2 Å². The van der Waals surface area contributed by atoms with Crippen molar-refractivity contribution in [3.63, 3.8) is 0 Å². The van der Waals surface area contributed by atoms with Gasteiger partial charge >= 0.3 is 0 Å². The molecule has 1 atom stereocenters. The predicted octanol–water partition coefficient (Wildman–Crippen LogP) is 4.70. The summed E-state index contributed by atoms with van der Waals surface area (Å²) in [6, 6.07) is 12.0. The van der Waals surface area contributed by atoms with Crippen molar-refractivity contribution in [1.82, 2.24) is 15.1 Å². The maximum absolute atomic E-state index is 6.01. The summed E-state index contributed by atoms with van der Waals surface area (Å²) < 4.78 is 5.49. The monoisotopic (exact) mass is 341 g/mol. The van der Waals surface area contributed by atoms with Crippen LogP contribution in [-0.4, -0.2) is 28.2 Å². The van der Waals surface area contributed by atoms with Gasteiger partial charge < -0.3 is 4.42 Å². The zero-order valence-corrected chi connectivity index (χ0v) is 14.2. The fourth-order valence-electron chi connectivity index (χ4n) is 3.52. The Morgan fingerprint density at radius 3 is 2.92 bits per heavy atom. The summed E-state index contributed by atoms with van der Waals surface area (Å²) >= 11 is 6.01. The number of furan rings is 1. The van der Waals surface area contributed by atoms with Gasteiger partial charge in [0.1, 0.15) is 5.76 Å². The Labute approximate surface area is 146 Å². The van der Waals surface area contributed by atoms with Crippen LogP contribution in [0.3, 0.4) is 0 Å². The minimum atomic E-state index is 0.460. The van der Waals surface area contributed by atoms with Crippen LogP contribution in [0, 0.1) is 0 Å². The molecule has 0 unspecified atom stereocenters. The Balaban J connectivity index is 1.53. The fraction of sp³-hybridized carbons (Fsp3) is 0.316. The van der Waals surface area contributed by atoms with E-state index >= 15 is 0 Å². The summed E-state index contributed by atoms with van der Waals surface area (Å²) in [5, 5.41) is 8.29. The van der Waals surface area contributed by atoms with Crippen molar-refractivity contribution in [3.8, 4) is 11.1 Å². The first-order valence-corrected chi connectivity index (χ1v) is 8.71. The minimum Gasteiger partial charge on any atom is -0.468 e. The number of benzene rings is 1. The Hall–Kier alpha value is -2.04. The van der Waals surface area contributed by atoms with Gasteiger partial charge in [0.25, 0.3) is 0 Å². The predicted molar refractivity (Wildman–Crippen MR) is 95.0 cm³/mol. The molecule has 5 heteroatoms. The van der Waals surface area contributed by atoms with Crippen LogP contribution in [0.15, 0.2) is 53.3 Å². The lowest BCUT2D eigenvalue weighted by molar-refractivity contribution is 0.185. The molecule has 3 heterocycles. The molecule has 1 aliphatic rings. The first-order valence-electron chi connectivity index (χ1n) is 8.33. The molecule has 3 aromatic rings. The largest absolute Gasteiger partial charge is 0.468 e. The molecule has 1 N–H and O–H groups in total. The van der Waals surface area contributed by atoms with Crippen molar-refractivity contribution in [1.29, 1.82) is 0 Å². The molecule has 4 nitrogen and oxygen atoms in total. The molecule has 1 aromatic carbocycles. The molecular formula is C19H20ClN3O. The first kappa shape index (κ1) is 15.5. The van der Waals surface area contributed by atoms with Crippen molar-refractivity contribution in [2.24, 2.45) is 0 Å². The van der Waals surface area contributed by atoms with Crippen molar-refractivity contribution < 1.29 is 4.42 Å². The highest BCUT2D eigenvalue weighted by Crippen LogP contribution is 2.33. The molecule has 4 rings (SSSR count). The number of piperidine rings is 1. The van der Waals surface area contributed by atoms with E-state index in [9.17, 15) is 0 Å². The van der Waals surface area contributed by atoms with Crippen LogP contribution in [0.1, 0.15) is 30.2 Å². The van der Waals surface area contributed by atoms with Crippen LogP contribution in [-0.2, 0) is 6.54 Å². The number of hydrogen-bond acceptors (Lipinski definition) is 3. The molecule has 0 aliphatic carbocycles. The van der Waals surface area contributed by atoms with Crippen LogP contribution in [0.25, 0.3) is 11.1 Å². The minimum absolute atomic E-state index is 0.460. The number of likely N-dealkylation sites (tertiary alicyclic amines) is 1. The maximum atomic E-state index is 6.01. The highest BCUT2D eigenvalue weighted by atomic mass is 35.5. The van der Waals surface area contributed by atoms with Crippen LogP contribution in [0.5, 0.6) is 0 Å². The van der Waals surface area contributed by atoms with Gasteiger partial charge in [0.15, 0.2) is 0 Å². The molecule has 24 heavy (non-hydrogen) atoms. The third-order valence-electron chi connectivity index (χ3n) is 4.70. The molecule has 0 amide bonds.